The molecule has 1 saturated heterocycles. The van der Waals surface area contributed by atoms with E-state index in [1.165, 1.54) is 12.1 Å². The van der Waals surface area contributed by atoms with Crippen molar-refractivity contribution in [2.24, 2.45) is 0 Å². The Kier molecular flexibility index (Phi) is 13.0. The summed E-state index contributed by atoms with van der Waals surface area (Å²) in [4.78, 5) is 25.8. The molecule has 5 aromatic carbocycles. The fraction of sp³-hybridized carbons (Fsp3) is 0.238. The van der Waals surface area contributed by atoms with Gasteiger partial charge in [-0.15, -0.1) is 11.8 Å². The van der Waals surface area contributed by atoms with E-state index in [4.69, 9.17) is 9.47 Å². The summed E-state index contributed by atoms with van der Waals surface area (Å²) in [6.07, 6.45) is -0.391. The Labute approximate surface area is 319 Å². The largest absolute Gasteiger partial charge is 0.478 e. The van der Waals surface area contributed by atoms with Crippen LogP contribution in [-0.2, 0) is 43.9 Å². The van der Waals surface area contributed by atoms with E-state index in [0.717, 1.165) is 38.3 Å². The average Bonchev–Trinajstić information content (AvgIpc) is 3.19. The molecule has 1 fully saturated rings. The van der Waals surface area contributed by atoms with Crippen molar-refractivity contribution in [3.63, 3.8) is 0 Å². The summed E-state index contributed by atoms with van der Waals surface area (Å²) in [7, 11) is -3.97. The molecule has 12 heteroatoms. The standard InChI is InChI=1S/C42H42N2O8S2/c1-28-7-21-37(22-8-28)54(49,50)44-38(23-29-5-3-2-4-6-29)40(46)43-25-30-9-15-34(16-10-30)42-51-35(27-53-36-19-17-33(18-20-36)41(47)48)24-39(52-42)32-13-11-31(26-45)12-14-32/h2-22,35,38-39,42,44-45H,23-27H2,1H3,(H,43,46)(H,47,48)/t35-,38+,39+,42+/m0/s1. The van der Waals surface area contributed by atoms with Crippen molar-refractivity contribution < 1.29 is 37.7 Å². The van der Waals surface area contributed by atoms with Gasteiger partial charge in [0.1, 0.15) is 6.04 Å². The summed E-state index contributed by atoms with van der Waals surface area (Å²) in [6.45, 7) is 1.99. The molecule has 0 unspecified atom stereocenters. The van der Waals surface area contributed by atoms with Gasteiger partial charge in [-0.2, -0.15) is 4.72 Å². The monoisotopic (exact) mass is 766 g/mol. The first-order valence-electron chi connectivity index (χ1n) is 17.5. The van der Waals surface area contributed by atoms with Crippen molar-refractivity contribution in [1.29, 1.82) is 0 Å². The quantitative estimate of drug-likeness (QED) is 0.0851. The summed E-state index contributed by atoms with van der Waals surface area (Å²) in [6, 6.07) is 36.6. The van der Waals surface area contributed by atoms with Crippen LogP contribution in [0.3, 0.4) is 0 Å². The minimum Gasteiger partial charge on any atom is -0.478 e. The molecule has 0 bridgehead atoms. The van der Waals surface area contributed by atoms with E-state index in [0.29, 0.717) is 12.2 Å². The van der Waals surface area contributed by atoms with Gasteiger partial charge in [0.25, 0.3) is 0 Å². The van der Waals surface area contributed by atoms with Gasteiger partial charge in [-0.25, -0.2) is 13.2 Å². The van der Waals surface area contributed by atoms with Crippen LogP contribution in [0, 0.1) is 6.92 Å². The molecule has 280 valence electrons. The lowest BCUT2D eigenvalue weighted by atomic mass is 10.0. The molecule has 0 aliphatic carbocycles. The molecule has 1 aliphatic rings. The van der Waals surface area contributed by atoms with Crippen LogP contribution in [0.25, 0.3) is 0 Å². The minimum absolute atomic E-state index is 0.0546. The Morgan fingerprint density at radius 2 is 1.44 bits per heavy atom. The molecular formula is C42H42N2O8S2. The fourth-order valence-corrected chi connectivity index (χ4v) is 8.14. The van der Waals surface area contributed by atoms with E-state index in [1.54, 1.807) is 48.2 Å². The first-order valence-corrected chi connectivity index (χ1v) is 20.0. The predicted octanol–water partition coefficient (Wildman–Crippen LogP) is 6.73. The molecule has 10 nitrogen and oxygen atoms in total. The zero-order valence-corrected chi connectivity index (χ0v) is 31.3. The molecule has 0 spiro atoms. The summed E-state index contributed by atoms with van der Waals surface area (Å²) in [5.41, 5.74) is 5.32. The van der Waals surface area contributed by atoms with Crippen LogP contribution in [0.15, 0.2) is 137 Å². The van der Waals surface area contributed by atoms with Crippen LogP contribution in [0.2, 0.25) is 0 Å². The highest BCUT2D eigenvalue weighted by Crippen LogP contribution is 2.39. The number of hydrogen-bond donors (Lipinski definition) is 4. The number of nitrogens with one attached hydrogen (secondary N) is 2. The van der Waals surface area contributed by atoms with Crippen molar-refractivity contribution >= 4 is 33.7 Å². The number of aliphatic hydroxyl groups is 1. The third kappa shape index (κ3) is 10.4. The maximum Gasteiger partial charge on any atom is 0.335 e. The topological polar surface area (TPSA) is 151 Å². The summed E-state index contributed by atoms with van der Waals surface area (Å²) in [5, 5.41) is 21.7. The Morgan fingerprint density at radius 3 is 2.09 bits per heavy atom. The van der Waals surface area contributed by atoms with E-state index in [2.05, 4.69) is 10.0 Å². The molecule has 0 radical (unpaired) electrons. The maximum absolute atomic E-state index is 13.5. The van der Waals surface area contributed by atoms with Gasteiger partial charge in [-0.1, -0.05) is 96.6 Å². The van der Waals surface area contributed by atoms with Gasteiger partial charge in [0.15, 0.2) is 6.29 Å². The number of aryl methyl sites for hydroxylation is 1. The number of aliphatic hydroxyl groups excluding tert-OH is 1. The number of sulfonamides is 1. The van der Waals surface area contributed by atoms with Gasteiger partial charge >= 0.3 is 5.97 Å². The van der Waals surface area contributed by atoms with Gasteiger partial charge in [0.2, 0.25) is 15.9 Å². The summed E-state index contributed by atoms with van der Waals surface area (Å²) >= 11 is 1.58. The first kappa shape index (κ1) is 38.9. The average molecular weight is 767 g/mol. The highest BCUT2D eigenvalue weighted by molar-refractivity contribution is 7.99. The third-order valence-corrected chi connectivity index (χ3v) is 11.7. The SMILES string of the molecule is Cc1ccc(S(=O)(=O)N[C@H](Cc2ccccc2)C(=O)NCc2ccc([C@@H]3O[C@H](CSc4ccc(C(=O)O)cc4)C[C@H](c4ccc(CO)cc4)O3)cc2)cc1. The number of carboxylic acids is 1. The molecule has 6 rings (SSSR count). The van der Waals surface area contributed by atoms with E-state index in [9.17, 15) is 28.2 Å². The highest BCUT2D eigenvalue weighted by Gasteiger charge is 2.32. The molecule has 4 N–H and O–H groups in total. The number of carbonyl (C=O) groups is 2. The number of benzene rings is 5. The van der Waals surface area contributed by atoms with E-state index in [1.807, 2.05) is 85.8 Å². The van der Waals surface area contributed by atoms with Crippen molar-refractivity contribution in [3.05, 3.63) is 166 Å². The number of ether oxygens (including phenoxy) is 2. The lowest BCUT2D eigenvalue weighted by Crippen LogP contribution is -2.47. The predicted molar refractivity (Wildman–Crippen MR) is 206 cm³/mol. The van der Waals surface area contributed by atoms with Crippen molar-refractivity contribution in [3.8, 4) is 0 Å². The zero-order valence-electron chi connectivity index (χ0n) is 29.6. The number of carboxylic acid groups (broad SMARTS) is 1. The third-order valence-electron chi connectivity index (χ3n) is 9.10. The number of aromatic carboxylic acids is 1. The second kappa shape index (κ2) is 18.0. The maximum atomic E-state index is 13.5. The molecule has 1 aliphatic heterocycles. The van der Waals surface area contributed by atoms with Gasteiger partial charge < -0.3 is 25.0 Å². The van der Waals surface area contributed by atoms with E-state index < -0.39 is 34.2 Å². The molecule has 0 saturated carbocycles. The van der Waals surface area contributed by atoms with Crippen LogP contribution in [0.4, 0.5) is 0 Å². The summed E-state index contributed by atoms with van der Waals surface area (Å²) in [5.74, 6) is -0.816. The van der Waals surface area contributed by atoms with Gasteiger partial charge in [-0.3, -0.25) is 4.79 Å². The second-order valence-corrected chi connectivity index (χ2v) is 15.9. The number of amides is 1. The van der Waals surface area contributed by atoms with Gasteiger partial charge in [0.05, 0.1) is 29.3 Å². The van der Waals surface area contributed by atoms with Crippen LogP contribution < -0.4 is 10.0 Å². The first-order chi connectivity index (χ1) is 26.1. The molecule has 5 aromatic rings. The molecule has 4 atom stereocenters. The van der Waals surface area contributed by atoms with Crippen LogP contribution in [0.5, 0.6) is 0 Å². The molecule has 54 heavy (non-hydrogen) atoms. The Bertz CT molecular complexity index is 2110. The smallest absolute Gasteiger partial charge is 0.335 e. The van der Waals surface area contributed by atoms with E-state index >= 15 is 0 Å². The van der Waals surface area contributed by atoms with Crippen LogP contribution >= 0.6 is 11.8 Å². The highest BCUT2D eigenvalue weighted by atomic mass is 32.2. The van der Waals surface area contributed by atoms with E-state index in [-0.39, 0.29) is 42.2 Å². The second-order valence-electron chi connectivity index (χ2n) is 13.1. The fourth-order valence-electron chi connectivity index (χ4n) is 6.02. The minimum atomic E-state index is -3.97. The number of hydrogen-bond acceptors (Lipinski definition) is 8. The molecule has 0 aromatic heterocycles. The van der Waals surface area contributed by atoms with Gasteiger partial charge in [-0.05, 0) is 72.0 Å². The van der Waals surface area contributed by atoms with Crippen molar-refractivity contribution in [2.75, 3.05) is 5.75 Å². The Hall–Kier alpha value is -4.82. The summed E-state index contributed by atoms with van der Waals surface area (Å²) < 4.78 is 42.1. The Morgan fingerprint density at radius 1 is 0.796 bits per heavy atom. The number of rotatable bonds is 15. The Balaban J connectivity index is 1.13. The number of carbonyl (C=O) groups excluding carboxylic acids is 1. The lowest BCUT2D eigenvalue weighted by molar-refractivity contribution is -0.245. The normalized spacial score (nSPS) is 17.8. The lowest BCUT2D eigenvalue weighted by Gasteiger charge is -2.36. The van der Waals surface area contributed by atoms with Crippen LogP contribution in [-0.4, -0.2) is 48.4 Å². The van der Waals surface area contributed by atoms with Crippen molar-refractivity contribution in [1.82, 2.24) is 10.0 Å². The molecular weight excluding hydrogens is 725 g/mol. The van der Waals surface area contributed by atoms with Crippen molar-refractivity contribution in [2.45, 2.75) is 67.2 Å². The van der Waals surface area contributed by atoms with Gasteiger partial charge in [0, 0.05) is 29.2 Å². The molecule has 1 heterocycles. The zero-order chi connectivity index (χ0) is 38.1. The molecule has 1 amide bonds. The number of thioether (sulfide) groups is 1. The van der Waals surface area contributed by atoms with Crippen LogP contribution in [0.1, 0.15) is 62.6 Å².